The van der Waals surface area contributed by atoms with Gasteiger partial charge in [-0.2, -0.15) is 5.26 Å². The Morgan fingerprint density at radius 1 is 1.41 bits per heavy atom. The molecule has 1 aromatic carbocycles. The Labute approximate surface area is 98.3 Å². The lowest BCUT2D eigenvalue weighted by atomic mass is 10.1. The SMILES string of the molecule is CC(=O)[C@@H](C#N)c1nncn1-c1ccccc1. The number of para-hydroxylation sites is 1. The molecule has 0 amide bonds. The molecule has 2 rings (SSSR count). The molecular formula is C12H10N4O. The fourth-order valence-corrected chi connectivity index (χ4v) is 1.56. The molecule has 0 saturated heterocycles. The van der Waals surface area contributed by atoms with Crippen molar-refractivity contribution in [2.75, 3.05) is 0 Å². The molecule has 2 aromatic rings. The third-order valence-corrected chi connectivity index (χ3v) is 2.40. The minimum atomic E-state index is -0.877. The molecule has 0 radical (unpaired) electrons. The van der Waals surface area contributed by atoms with E-state index in [2.05, 4.69) is 10.2 Å². The van der Waals surface area contributed by atoms with Gasteiger partial charge in [0.1, 0.15) is 6.33 Å². The average molecular weight is 226 g/mol. The summed E-state index contributed by atoms with van der Waals surface area (Å²) in [5.41, 5.74) is 0.828. The van der Waals surface area contributed by atoms with Crippen LogP contribution in [-0.2, 0) is 4.79 Å². The maximum Gasteiger partial charge on any atom is 0.164 e. The van der Waals surface area contributed by atoms with E-state index in [1.807, 2.05) is 36.4 Å². The van der Waals surface area contributed by atoms with Gasteiger partial charge in [-0.1, -0.05) is 18.2 Å². The molecule has 0 aliphatic carbocycles. The Kier molecular flexibility index (Phi) is 2.97. The second kappa shape index (κ2) is 4.58. The van der Waals surface area contributed by atoms with Gasteiger partial charge in [0.2, 0.25) is 0 Å². The minimum Gasteiger partial charge on any atom is -0.298 e. The number of ketones is 1. The van der Waals surface area contributed by atoms with Crippen LogP contribution in [0.2, 0.25) is 0 Å². The number of aromatic nitrogens is 3. The first kappa shape index (κ1) is 11.0. The van der Waals surface area contributed by atoms with Crippen LogP contribution in [0.1, 0.15) is 18.7 Å². The quantitative estimate of drug-likeness (QED) is 0.794. The highest BCUT2D eigenvalue weighted by molar-refractivity contribution is 5.85. The van der Waals surface area contributed by atoms with Gasteiger partial charge in [-0.25, -0.2) is 0 Å². The van der Waals surface area contributed by atoms with Crippen LogP contribution in [0, 0.1) is 11.3 Å². The van der Waals surface area contributed by atoms with Gasteiger partial charge >= 0.3 is 0 Å². The Morgan fingerprint density at radius 2 is 2.12 bits per heavy atom. The van der Waals surface area contributed by atoms with Crippen LogP contribution in [0.15, 0.2) is 36.7 Å². The molecule has 1 aromatic heterocycles. The molecule has 0 aliphatic heterocycles. The normalized spacial score (nSPS) is 11.8. The number of hydrogen-bond donors (Lipinski definition) is 0. The predicted molar refractivity (Wildman–Crippen MR) is 60.4 cm³/mol. The standard InChI is InChI=1S/C12H10N4O/c1-9(17)11(7-13)12-15-14-8-16(12)10-5-3-2-4-6-10/h2-6,8,11H,1H3/t11-/m1/s1. The van der Waals surface area contributed by atoms with Crippen molar-refractivity contribution in [3.63, 3.8) is 0 Å². The lowest BCUT2D eigenvalue weighted by molar-refractivity contribution is -0.117. The molecule has 17 heavy (non-hydrogen) atoms. The van der Waals surface area contributed by atoms with E-state index in [1.54, 1.807) is 4.57 Å². The van der Waals surface area contributed by atoms with E-state index < -0.39 is 5.92 Å². The summed E-state index contributed by atoms with van der Waals surface area (Å²) in [7, 11) is 0. The zero-order chi connectivity index (χ0) is 12.3. The summed E-state index contributed by atoms with van der Waals surface area (Å²) in [6, 6.07) is 11.3. The van der Waals surface area contributed by atoms with Crippen molar-refractivity contribution in [2.45, 2.75) is 12.8 Å². The lowest BCUT2D eigenvalue weighted by Crippen LogP contribution is -2.12. The highest BCUT2D eigenvalue weighted by Crippen LogP contribution is 2.17. The van der Waals surface area contributed by atoms with Gasteiger partial charge in [0, 0.05) is 5.69 Å². The summed E-state index contributed by atoms with van der Waals surface area (Å²) < 4.78 is 1.65. The van der Waals surface area contributed by atoms with E-state index in [0.717, 1.165) is 5.69 Å². The fraction of sp³-hybridized carbons (Fsp3) is 0.167. The van der Waals surface area contributed by atoms with Crippen LogP contribution < -0.4 is 0 Å². The summed E-state index contributed by atoms with van der Waals surface area (Å²) in [5, 5.41) is 16.6. The maximum atomic E-state index is 11.4. The van der Waals surface area contributed by atoms with Gasteiger partial charge < -0.3 is 0 Å². The van der Waals surface area contributed by atoms with Crippen molar-refractivity contribution >= 4 is 5.78 Å². The van der Waals surface area contributed by atoms with Gasteiger partial charge in [0.25, 0.3) is 0 Å². The first-order valence-corrected chi connectivity index (χ1v) is 5.09. The van der Waals surface area contributed by atoms with Crippen LogP contribution in [0.3, 0.4) is 0 Å². The van der Waals surface area contributed by atoms with E-state index in [-0.39, 0.29) is 5.78 Å². The molecule has 84 valence electrons. The summed E-state index contributed by atoms with van der Waals surface area (Å²) in [6.07, 6.45) is 1.50. The molecule has 0 unspecified atom stereocenters. The van der Waals surface area contributed by atoms with Crippen LogP contribution in [0.25, 0.3) is 5.69 Å². The summed E-state index contributed by atoms with van der Waals surface area (Å²) in [4.78, 5) is 11.4. The van der Waals surface area contributed by atoms with E-state index in [0.29, 0.717) is 5.82 Å². The molecule has 0 spiro atoms. The third-order valence-electron chi connectivity index (χ3n) is 2.40. The molecule has 1 heterocycles. The van der Waals surface area contributed by atoms with Gasteiger partial charge in [-0.3, -0.25) is 9.36 Å². The molecule has 0 N–H and O–H groups in total. The summed E-state index contributed by atoms with van der Waals surface area (Å²) >= 11 is 0. The molecule has 0 bridgehead atoms. The average Bonchev–Trinajstić information content (AvgIpc) is 2.80. The molecule has 1 atom stereocenters. The zero-order valence-electron chi connectivity index (χ0n) is 9.24. The topological polar surface area (TPSA) is 71.6 Å². The van der Waals surface area contributed by atoms with Crippen LogP contribution in [0.5, 0.6) is 0 Å². The van der Waals surface area contributed by atoms with E-state index in [1.165, 1.54) is 13.3 Å². The highest BCUT2D eigenvalue weighted by Gasteiger charge is 2.22. The number of nitriles is 1. The Morgan fingerprint density at radius 3 is 2.71 bits per heavy atom. The summed E-state index contributed by atoms with van der Waals surface area (Å²) in [6.45, 7) is 1.37. The minimum absolute atomic E-state index is 0.238. The van der Waals surface area contributed by atoms with E-state index in [4.69, 9.17) is 5.26 Å². The van der Waals surface area contributed by atoms with Crippen molar-refractivity contribution in [3.8, 4) is 11.8 Å². The number of nitrogens with zero attached hydrogens (tertiary/aromatic N) is 4. The highest BCUT2D eigenvalue weighted by atomic mass is 16.1. The number of benzene rings is 1. The molecule has 0 fully saturated rings. The largest absolute Gasteiger partial charge is 0.298 e. The van der Waals surface area contributed by atoms with Crippen molar-refractivity contribution in [2.24, 2.45) is 0 Å². The fourth-order valence-electron chi connectivity index (χ4n) is 1.56. The molecule has 5 heteroatoms. The second-order valence-corrected chi connectivity index (χ2v) is 3.57. The molecular weight excluding hydrogens is 216 g/mol. The number of hydrogen-bond acceptors (Lipinski definition) is 4. The smallest absolute Gasteiger partial charge is 0.164 e. The third kappa shape index (κ3) is 2.06. The maximum absolute atomic E-state index is 11.4. The van der Waals surface area contributed by atoms with E-state index in [9.17, 15) is 4.79 Å². The van der Waals surface area contributed by atoms with Crippen molar-refractivity contribution in [1.82, 2.24) is 14.8 Å². The molecule has 0 aliphatic rings. The Hall–Kier alpha value is -2.48. The lowest BCUT2D eigenvalue weighted by Gasteiger charge is -2.08. The van der Waals surface area contributed by atoms with Gasteiger partial charge in [-0.15, -0.1) is 10.2 Å². The van der Waals surface area contributed by atoms with Crippen molar-refractivity contribution in [3.05, 3.63) is 42.5 Å². The molecule has 5 nitrogen and oxygen atoms in total. The Balaban J connectivity index is 2.49. The number of carbonyl (C=O) groups is 1. The van der Waals surface area contributed by atoms with Crippen LogP contribution in [-0.4, -0.2) is 20.5 Å². The zero-order valence-corrected chi connectivity index (χ0v) is 9.24. The van der Waals surface area contributed by atoms with Crippen molar-refractivity contribution in [1.29, 1.82) is 5.26 Å². The van der Waals surface area contributed by atoms with Crippen molar-refractivity contribution < 1.29 is 4.79 Å². The van der Waals surface area contributed by atoms with Gasteiger partial charge in [0.15, 0.2) is 17.5 Å². The predicted octanol–water partition coefficient (Wildman–Crippen LogP) is 1.46. The first-order chi connectivity index (χ1) is 8.24. The number of carbonyl (C=O) groups excluding carboxylic acids is 1. The Bertz CT molecular complexity index is 568. The van der Waals surface area contributed by atoms with Gasteiger partial charge in [0.05, 0.1) is 6.07 Å². The first-order valence-electron chi connectivity index (χ1n) is 5.09. The number of Topliss-reactive ketones (excluding diaryl/α,β-unsaturated/α-hetero) is 1. The number of rotatable bonds is 3. The second-order valence-electron chi connectivity index (χ2n) is 3.57. The summed E-state index contributed by atoms with van der Waals surface area (Å²) in [5.74, 6) is -0.762. The van der Waals surface area contributed by atoms with Gasteiger partial charge in [-0.05, 0) is 19.1 Å². The molecule has 0 saturated carbocycles. The monoisotopic (exact) mass is 226 g/mol. The van der Waals surface area contributed by atoms with Crippen LogP contribution in [0.4, 0.5) is 0 Å². The van der Waals surface area contributed by atoms with E-state index >= 15 is 0 Å². The van der Waals surface area contributed by atoms with Crippen LogP contribution >= 0.6 is 0 Å².